The average Bonchev–Trinajstić information content (AvgIpc) is 2.70. The van der Waals surface area contributed by atoms with E-state index in [1.165, 1.54) is 21.6 Å². The summed E-state index contributed by atoms with van der Waals surface area (Å²) in [4.78, 5) is 1.23. The Kier molecular flexibility index (Phi) is 3.89. The molecule has 0 radical (unpaired) electrons. The lowest BCUT2D eigenvalue weighted by Gasteiger charge is -2.13. The zero-order chi connectivity index (χ0) is 12.4. The minimum Gasteiger partial charge on any atom is -0.488 e. The fourth-order valence-corrected chi connectivity index (χ4v) is 3.12. The van der Waals surface area contributed by atoms with Gasteiger partial charge in [-0.25, -0.2) is 0 Å². The van der Waals surface area contributed by atoms with Crippen molar-refractivity contribution < 1.29 is 4.74 Å². The predicted octanol–water partition coefficient (Wildman–Crippen LogP) is 5.01. The fourth-order valence-electron chi connectivity index (χ4n) is 1.72. The van der Waals surface area contributed by atoms with Gasteiger partial charge in [-0.1, -0.05) is 12.1 Å². The van der Waals surface area contributed by atoms with Gasteiger partial charge < -0.3 is 4.74 Å². The molecule has 17 heavy (non-hydrogen) atoms. The number of hydrogen-bond acceptors (Lipinski definition) is 2. The number of hydrogen-bond donors (Lipinski definition) is 0. The lowest BCUT2D eigenvalue weighted by Crippen LogP contribution is -1.98. The Morgan fingerprint density at radius 3 is 2.41 bits per heavy atom. The molecule has 0 spiro atoms. The number of benzene rings is 1. The maximum Gasteiger partial charge on any atom is 0.125 e. The van der Waals surface area contributed by atoms with E-state index in [0.29, 0.717) is 6.61 Å². The van der Waals surface area contributed by atoms with Crippen LogP contribution >= 0.6 is 27.3 Å². The summed E-state index contributed by atoms with van der Waals surface area (Å²) in [5.41, 5.74) is 3.71. The predicted molar refractivity (Wildman–Crippen MR) is 77.0 cm³/mol. The van der Waals surface area contributed by atoms with Crippen molar-refractivity contribution in [3.63, 3.8) is 0 Å². The van der Waals surface area contributed by atoms with Crippen molar-refractivity contribution in [3.05, 3.63) is 49.6 Å². The highest BCUT2D eigenvalue weighted by Gasteiger charge is 2.07. The number of ether oxygens (including phenoxy) is 1. The fraction of sp³-hybridized carbons (Fsp3) is 0.286. The molecule has 90 valence electrons. The molecule has 0 atom stereocenters. The number of thiophene rings is 1. The lowest BCUT2D eigenvalue weighted by atomic mass is 10.1. The van der Waals surface area contributed by atoms with E-state index in [1.54, 1.807) is 11.3 Å². The normalized spacial score (nSPS) is 10.6. The van der Waals surface area contributed by atoms with Gasteiger partial charge in [0.15, 0.2) is 0 Å². The second kappa shape index (κ2) is 5.23. The summed E-state index contributed by atoms with van der Waals surface area (Å²) in [6, 6.07) is 8.40. The van der Waals surface area contributed by atoms with Gasteiger partial charge >= 0.3 is 0 Å². The molecule has 0 amide bonds. The van der Waals surface area contributed by atoms with Gasteiger partial charge in [0.2, 0.25) is 0 Å². The molecule has 3 heteroatoms. The monoisotopic (exact) mass is 310 g/mol. The molecule has 0 aliphatic heterocycles. The van der Waals surface area contributed by atoms with Gasteiger partial charge in [0, 0.05) is 4.88 Å². The Labute approximate surface area is 115 Å². The first-order valence-corrected chi connectivity index (χ1v) is 7.12. The Bertz CT molecular complexity index is 531. The van der Waals surface area contributed by atoms with Crippen molar-refractivity contribution in [2.75, 3.05) is 0 Å². The molecule has 0 saturated heterocycles. The molecule has 0 bridgehead atoms. The third-order valence-corrected chi connectivity index (χ3v) is 4.46. The second-order valence-corrected chi connectivity index (χ2v) is 6.70. The van der Waals surface area contributed by atoms with Crippen LogP contribution in [0.3, 0.4) is 0 Å². The maximum atomic E-state index is 5.94. The molecule has 1 heterocycles. The van der Waals surface area contributed by atoms with E-state index in [9.17, 15) is 0 Å². The molecule has 0 aliphatic carbocycles. The van der Waals surface area contributed by atoms with Gasteiger partial charge in [-0.3, -0.25) is 0 Å². The van der Waals surface area contributed by atoms with Crippen LogP contribution in [-0.2, 0) is 6.61 Å². The first kappa shape index (κ1) is 12.7. The summed E-state index contributed by atoms with van der Waals surface area (Å²) in [5.74, 6) is 1.02. The lowest BCUT2D eigenvalue weighted by molar-refractivity contribution is 0.305. The Hall–Kier alpha value is -0.800. The Morgan fingerprint density at radius 1 is 1.06 bits per heavy atom. The highest BCUT2D eigenvalue weighted by atomic mass is 79.9. The summed E-state index contributed by atoms with van der Waals surface area (Å²) in [7, 11) is 0. The second-order valence-electron chi connectivity index (χ2n) is 4.15. The van der Waals surface area contributed by atoms with Crippen molar-refractivity contribution in [2.24, 2.45) is 0 Å². The van der Waals surface area contributed by atoms with Crippen LogP contribution in [0.4, 0.5) is 0 Å². The van der Waals surface area contributed by atoms with Crippen molar-refractivity contribution in [3.8, 4) is 5.75 Å². The molecule has 0 saturated carbocycles. The Balaban J connectivity index is 2.16. The molecule has 0 N–H and O–H groups in total. The molecule has 0 fully saturated rings. The number of rotatable bonds is 3. The smallest absolute Gasteiger partial charge is 0.125 e. The van der Waals surface area contributed by atoms with Gasteiger partial charge in [0.25, 0.3) is 0 Å². The largest absolute Gasteiger partial charge is 0.488 e. The van der Waals surface area contributed by atoms with Crippen LogP contribution in [0.15, 0.2) is 28.1 Å². The van der Waals surface area contributed by atoms with Gasteiger partial charge in [0.1, 0.15) is 12.4 Å². The highest BCUT2D eigenvalue weighted by molar-refractivity contribution is 9.11. The molecule has 1 aromatic carbocycles. The van der Waals surface area contributed by atoms with Crippen LogP contribution in [0.25, 0.3) is 0 Å². The first-order valence-electron chi connectivity index (χ1n) is 5.51. The van der Waals surface area contributed by atoms with Crippen LogP contribution in [0.1, 0.15) is 21.6 Å². The van der Waals surface area contributed by atoms with E-state index < -0.39 is 0 Å². The topological polar surface area (TPSA) is 9.23 Å². The van der Waals surface area contributed by atoms with Crippen LogP contribution in [0.5, 0.6) is 5.75 Å². The third-order valence-electron chi connectivity index (χ3n) is 2.86. The molecule has 0 aliphatic rings. The standard InChI is InChI=1S/C14H15BrOS/c1-9-4-5-10(2)14(11(9)3)16-8-12-6-7-13(15)17-12/h4-7H,8H2,1-3H3. The zero-order valence-electron chi connectivity index (χ0n) is 10.2. The van der Waals surface area contributed by atoms with Gasteiger partial charge in [-0.2, -0.15) is 0 Å². The summed E-state index contributed by atoms with van der Waals surface area (Å²) in [6.45, 7) is 6.96. The highest BCUT2D eigenvalue weighted by Crippen LogP contribution is 2.28. The van der Waals surface area contributed by atoms with Crippen LogP contribution in [-0.4, -0.2) is 0 Å². The van der Waals surface area contributed by atoms with Crippen LogP contribution < -0.4 is 4.74 Å². The van der Waals surface area contributed by atoms with E-state index in [1.807, 2.05) is 0 Å². The van der Waals surface area contributed by atoms with Crippen molar-refractivity contribution in [1.29, 1.82) is 0 Å². The molecular weight excluding hydrogens is 296 g/mol. The van der Waals surface area contributed by atoms with E-state index >= 15 is 0 Å². The van der Waals surface area contributed by atoms with Crippen molar-refractivity contribution >= 4 is 27.3 Å². The molecular formula is C14H15BrOS. The molecule has 2 aromatic rings. The molecule has 0 unspecified atom stereocenters. The van der Waals surface area contributed by atoms with Crippen LogP contribution in [0, 0.1) is 20.8 Å². The van der Waals surface area contributed by atoms with Crippen LogP contribution in [0.2, 0.25) is 0 Å². The molecule has 1 aromatic heterocycles. The SMILES string of the molecule is Cc1ccc(C)c(OCc2ccc(Br)s2)c1C. The summed E-state index contributed by atoms with van der Waals surface area (Å²) in [6.07, 6.45) is 0. The first-order chi connectivity index (χ1) is 8.08. The maximum absolute atomic E-state index is 5.94. The summed E-state index contributed by atoms with van der Waals surface area (Å²) in [5, 5.41) is 0. The minimum atomic E-state index is 0.640. The van der Waals surface area contributed by atoms with E-state index in [0.717, 1.165) is 9.54 Å². The van der Waals surface area contributed by atoms with E-state index in [4.69, 9.17) is 4.74 Å². The number of aryl methyl sites for hydroxylation is 2. The number of halogens is 1. The molecule has 2 rings (SSSR count). The van der Waals surface area contributed by atoms with Gasteiger partial charge in [0.05, 0.1) is 3.79 Å². The average molecular weight is 311 g/mol. The van der Waals surface area contributed by atoms with Gasteiger partial charge in [-0.15, -0.1) is 11.3 Å². The zero-order valence-corrected chi connectivity index (χ0v) is 12.6. The minimum absolute atomic E-state index is 0.640. The van der Waals surface area contributed by atoms with Crippen molar-refractivity contribution in [2.45, 2.75) is 27.4 Å². The van der Waals surface area contributed by atoms with Crippen molar-refractivity contribution in [1.82, 2.24) is 0 Å². The molecule has 1 nitrogen and oxygen atoms in total. The van der Waals surface area contributed by atoms with E-state index in [-0.39, 0.29) is 0 Å². The summed E-state index contributed by atoms with van der Waals surface area (Å²) < 4.78 is 7.08. The van der Waals surface area contributed by atoms with E-state index in [2.05, 4.69) is 61.0 Å². The Morgan fingerprint density at radius 2 is 1.76 bits per heavy atom. The van der Waals surface area contributed by atoms with Gasteiger partial charge in [-0.05, 0) is 65.5 Å². The summed E-state index contributed by atoms with van der Waals surface area (Å²) >= 11 is 5.18. The third kappa shape index (κ3) is 2.90. The quantitative estimate of drug-likeness (QED) is 0.774.